The number of ether oxygens (including phenoxy) is 1. The van der Waals surface area contributed by atoms with Crippen LogP contribution in [0.1, 0.15) is 18.4 Å². The van der Waals surface area contributed by atoms with E-state index in [-0.39, 0.29) is 12.0 Å². The van der Waals surface area contributed by atoms with Crippen molar-refractivity contribution in [3.05, 3.63) is 34.9 Å². The molecule has 20 heavy (non-hydrogen) atoms. The van der Waals surface area contributed by atoms with Crippen LogP contribution in [0.2, 0.25) is 5.02 Å². The van der Waals surface area contributed by atoms with Crippen molar-refractivity contribution < 1.29 is 9.53 Å². The van der Waals surface area contributed by atoms with Gasteiger partial charge in [0.25, 0.3) is 0 Å². The highest BCUT2D eigenvalue weighted by atomic mass is 35.5. The van der Waals surface area contributed by atoms with Crippen LogP contribution in [0.5, 0.6) is 0 Å². The lowest BCUT2D eigenvalue weighted by Gasteiger charge is -2.18. The first-order valence-electron chi connectivity index (χ1n) is 6.96. The molecule has 0 aromatic heterocycles. The molecule has 1 fully saturated rings. The Morgan fingerprint density at radius 3 is 2.85 bits per heavy atom. The van der Waals surface area contributed by atoms with E-state index in [0.717, 1.165) is 31.6 Å². The molecule has 1 aliphatic rings. The van der Waals surface area contributed by atoms with Crippen LogP contribution in [0.15, 0.2) is 24.3 Å². The number of nitrogens with zero attached hydrogens (tertiary/aromatic N) is 1. The van der Waals surface area contributed by atoms with Crippen LogP contribution in [-0.2, 0) is 16.1 Å². The smallest absolute Gasteiger partial charge is 0.236 e. The van der Waals surface area contributed by atoms with E-state index in [1.807, 2.05) is 31.3 Å². The molecule has 4 nitrogen and oxygen atoms in total. The first kappa shape index (κ1) is 15.3. The Morgan fingerprint density at radius 1 is 1.45 bits per heavy atom. The molecular formula is C15H21ClN2O2. The molecule has 1 aromatic carbocycles. The molecular weight excluding hydrogens is 276 g/mol. The van der Waals surface area contributed by atoms with Gasteiger partial charge in [0.05, 0.1) is 12.6 Å². The van der Waals surface area contributed by atoms with E-state index in [9.17, 15) is 4.79 Å². The Balaban J connectivity index is 1.69. The summed E-state index contributed by atoms with van der Waals surface area (Å²) >= 11 is 5.84. The Labute approximate surface area is 125 Å². The van der Waals surface area contributed by atoms with E-state index < -0.39 is 0 Å². The van der Waals surface area contributed by atoms with E-state index in [4.69, 9.17) is 16.3 Å². The molecule has 2 rings (SSSR count). The highest BCUT2D eigenvalue weighted by Crippen LogP contribution is 2.11. The third-order valence-electron chi connectivity index (χ3n) is 3.43. The summed E-state index contributed by atoms with van der Waals surface area (Å²) in [6.45, 7) is 2.54. The summed E-state index contributed by atoms with van der Waals surface area (Å²) in [5, 5.41) is 3.87. The Morgan fingerprint density at radius 2 is 2.20 bits per heavy atom. The molecule has 0 spiro atoms. The van der Waals surface area contributed by atoms with Gasteiger partial charge in [0.1, 0.15) is 0 Å². The lowest BCUT2D eigenvalue weighted by atomic mass is 10.2. The summed E-state index contributed by atoms with van der Waals surface area (Å²) < 4.78 is 5.50. The van der Waals surface area contributed by atoms with Crippen LogP contribution in [0.4, 0.5) is 0 Å². The SMILES string of the molecule is CN(Cc1ccc(Cl)cc1)C(=O)CNCC1CCCO1. The average molecular weight is 297 g/mol. The summed E-state index contributed by atoms with van der Waals surface area (Å²) in [6, 6.07) is 7.55. The largest absolute Gasteiger partial charge is 0.377 e. The van der Waals surface area contributed by atoms with Crippen molar-refractivity contribution in [1.29, 1.82) is 0 Å². The maximum Gasteiger partial charge on any atom is 0.236 e. The molecule has 0 bridgehead atoms. The van der Waals surface area contributed by atoms with Crippen LogP contribution < -0.4 is 5.32 Å². The third-order valence-corrected chi connectivity index (χ3v) is 3.68. The number of likely N-dealkylation sites (N-methyl/N-ethyl adjacent to an activating group) is 1. The summed E-state index contributed by atoms with van der Waals surface area (Å²) in [4.78, 5) is 13.7. The van der Waals surface area contributed by atoms with Crippen molar-refractivity contribution in [1.82, 2.24) is 10.2 Å². The van der Waals surface area contributed by atoms with Gasteiger partial charge in [-0.25, -0.2) is 0 Å². The zero-order chi connectivity index (χ0) is 14.4. The topological polar surface area (TPSA) is 41.6 Å². The molecule has 1 amide bonds. The number of hydrogen-bond donors (Lipinski definition) is 1. The number of carbonyl (C=O) groups is 1. The van der Waals surface area contributed by atoms with Crippen molar-refractivity contribution in [3.63, 3.8) is 0 Å². The Bertz CT molecular complexity index is 430. The molecule has 0 aliphatic carbocycles. The second kappa shape index (κ2) is 7.62. The van der Waals surface area contributed by atoms with Gasteiger partial charge in [-0.3, -0.25) is 4.79 Å². The van der Waals surface area contributed by atoms with Gasteiger partial charge in [-0.1, -0.05) is 23.7 Å². The first-order chi connectivity index (χ1) is 9.65. The summed E-state index contributed by atoms with van der Waals surface area (Å²) in [5.41, 5.74) is 1.07. The predicted octanol–water partition coefficient (Wildman–Crippen LogP) is 2.07. The van der Waals surface area contributed by atoms with Crippen molar-refractivity contribution >= 4 is 17.5 Å². The number of halogens is 1. The van der Waals surface area contributed by atoms with E-state index in [1.165, 1.54) is 0 Å². The quantitative estimate of drug-likeness (QED) is 0.874. The summed E-state index contributed by atoms with van der Waals surface area (Å²) in [7, 11) is 1.81. The van der Waals surface area contributed by atoms with E-state index in [2.05, 4.69) is 5.32 Å². The molecule has 1 heterocycles. The molecule has 1 saturated heterocycles. The second-order valence-corrected chi connectivity index (χ2v) is 5.58. The zero-order valence-corrected chi connectivity index (χ0v) is 12.5. The summed E-state index contributed by atoms with van der Waals surface area (Å²) in [5.74, 6) is 0.0814. The maximum absolute atomic E-state index is 12.0. The number of hydrogen-bond acceptors (Lipinski definition) is 3. The van der Waals surface area contributed by atoms with Gasteiger partial charge in [-0.2, -0.15) is 0 Å². The number of nitrogens with one attached hydrogen (secondary N) is 1. The zero-order valence-electron chi connectivity index (χ0n) is 11.8. The fourth-order valence-electron chi connectivity index (χ4n) is 2.23. The molecule has 5 heteroatoms. The maximum atomic E-state index is 12.0. The molecule has 1 N–H and O–H groups in total. The molecule has 1 unspecified atom stereocenters. The van der Waals surface area contributed by atoms with Crippen molar-refractivity contribution in [2.24, 2.45) is 0 Å². The molecule has 1 atom stereocenters. The standard InChI is InChI=1S/C15H21ClN2O2/c1-18(11-12-4-6-13(16)7-5-12)15(19)10-17-9-14-3-2-8-20-14/h4-7,14,17H,2-3,8-11H2,1H3. The number of carbonyl (C=O) groups excluding carboxylic acids is 1. The van der Waals surface area contributed by atoms with Gasteiger partial charge in [-0.05, 0) is 30.5 Å². The van der Waals surface area contributed by atoms with Crippen LogP contribution in [0, 0.1) is 0 Å². The van der Waals surface area contributed by atoms with Crippen molar-refractivity contribution in [2.45, 2.75) is 25.5 Å². The fourth-order valence-corrected chi connectivity index (χ4v) is 2.36. The van der Waals surface area contributed by atoms with Crippen LogP contribution in [-0.4, -0.2) is 43.7 Å². The van der Waals surface area contributed by atoms with E-state index in [0.29, 0.717) is 18.1 Å². The average Bonchev–Trinajstić information content (AvgIpc) is 2.94. The molecule has 1 aromatic rings. The lowest BCUT2D eigenvalue weighted by molar-refractivity contribution is -0.129. The van der Waals surface area contributed by atoms with E-state index in [1.54, 1.807) is 4.90 Å². The van der Waals surface area contributed by atoms with Gasteiger partial charge in [0.15, 0.2) is 0 Å². The molecule has 0 saturated carbocycles. The van der Waals surface area contributed by atoms with Crippen molar-refractivity contribution in [3.8, 4) is 0 Å². The monoisotopic (exact) mass is 296 g/mol. The third kappa shape index (κ3) is 4.78. The highest BCUT2D eigenvalue weighted by Gasteiger charge is 2.16. The normalized spacial score (nSPS) is 18.2. The number of rotatable bonds is 6. The molecule has 110 valence electrons. The second-order valence-electron chi connectivity index (χ2n) is 5.14. The van der Waals surface area contributed by atoms with Crippen LogP contribution in [0.25, 0.3) is 0 Å². The fraction of sp³-hybridized carbons (Fsp3) is 0.533. The number of benzene rings is 1. The highest BCUT2D eigenvalue weighted by molar-refractivity contribution is 6.30. The van der Waals surface area contributed by atoms with Crippen LogP contribution >= 0.6 is 11.6 Å². The number of amides is 1. The Kier molecular flexibility index (Phi) is 5.83. The van der Waals surface area contributed by atoms with Crippen molar-refractivity contribution in [2.75, 3.05) is 26.7 Å². The summed E-state index contributed by atoms with van der Waals surface area (Å²) in [6.07, 6.45) is 2.47. The van der Waals surface area contributed by atoms with Crippen LogP contribution in [0.3, 0.4) is 0 Å². The van der Waals surface area contributed by atoms with Gasteiger partial charge >= 0.3 is 0 Å². The van der Waals surface area contributed by atoms with Gasteiger partial charge < -0.3 is 15.0 Å². The molecule has 1 aliphatic heterocycles. The minimum absolute atomic E-state index is 0.0814. The van der Waals surface area contributed by atoms with E-state index >= 15 is 0 Å². The van der Waals surface area contributed by atoms with Gasteiger partial charge in [0.2, 0.25) is 5.91 Å². The minimum atomic E-state index is 0.0814. The first-order valence-corrected chi connectivity index (χ1v) is 7.33. The predicted molar refractivity (Wildman–Crippen MR) is 79.8 cm³/mol. The van der Waals surface area contributed by atoms with Gasteiger partial charge in [0, 0.05) is 31.8 Å². The lowest BCUT2D eigenvalue weighted by Crippen LogP contribution is -2.38. The molecule has 0 radical (unpaired) electrons. The van der Waals surface area contributed by atoms with Gasteiger partial charge in [-0.15, -0.1) is 0 Å². The minimum Gasteiger partial charge on any atom is -0.377 e. The Hall–Kier alpha value is -1.10.